The van der Waals surface area contributed by atoms with Gasteiger partial charge in [0.15, 0.2) is 0 Å². The predicted octanol–water partition coefficient (Wildman–Crippen LogP) is 2.00. The molecule has 1 saturated carbocycles. The summed E-state index contributed by atoms with van der Waals surface area (Å²) in [5.41, 5.74) is 6.08. The minimum Gasteiger partial charge on any atom is -0.340 e. The van der Waals surface area contributed by atoms with Gasteiger partial charge in [-0.1, -0.05) is 26.7 Å². The fraction of sp³-hybridized carbons (Fsp3) is 0.923. The Balaban J connectivity index is 1.90. The van der Waals surface area contributed by atoms with Crippen LogP contribution in [0.3, 0.4) is 0 Å². The first kappa shape index (κ1) is 13.2. The van der Waals surface area contributed by atoms with E-state index in [2.05, 4.69) is 13.8 Å². The molecule has 17 heavy (non-hydrogen) atoms. The molecule has 2 atom stereocenters. The van der Waals surface area contributed by atoms with E-state index in [-0.39, 0.29) is 11.4 Å². The first-order valence-corrected chi connectivity index (χ1v) is 7.65. The van der Waals surface area contributed by atoms with E-state index >= 15 is 0 Å². The molecule has 4 heteroatoms. The summed E-state index contributed by atoms with van der Waals surface area (Å²) in [4.78, 5) is 14.3. The van der Waals surface area contributed by atoms with Gasteiger partial charge in [-0.05, 0) is 12.8 Å². The van der Waals surface area contributed by atoms with Gasteiger partial charge in [0.2, 0.25) is 5.91 Å². The van der Waals surface area contributed by atoms with E-state index in [4.69, 9.17) is 5.73 Å². The first-order chi connectivity index (χ1) is 7.98. The third-order valence-corrected chi connectivity index (χ3v) is 5.10. The van der Waals surface area contributed by atoms with Crippen LogP contribution in [0.1, 0.15) is 46.0 Å². The fourth-order valence-electron chi connectivity index (χ4n) is 3.05. The summed E-state index contributed by atoms with van der Waals surface area (Å²) in [6.07, 6.45) is 4.97. The third kappa shape index (κ3) is 3.38. The van der Waals surface area contributed by atoms with E-state index in [1.54, 1.807) is 0 Å². The lowest BCUT2D eigenvalue weighted by molar-refractivity contribution is -0.132. The highest BCUT2D eigenvalue weighted by Gasteiger charge is 2.35. The van der Waals surface area contributed by atoms with Crippen LogP contribution in [-0.2, 0) is 4.79 Å². The van der Waals surface area contributed by atoms with E-state index in [1.807, 2.05) is 16.7 Å². The highest BCUT2D eigenvalue weighted by atomic mass is 32.2. The van der Waals surface area contributed by atoms with Gasteiger partial charge >= 0.3 is 0 Å². The summed E-state index contributed by atoms with van der Waals surface area (Å²) in [6.45, 7) is 6.19. The summed E-state index contributed by atoms with van der Waals surface area (Å²) < 4.78 is 0. The Kier molecular flexibility index (Phi) is 4.03. The molecule has 2 N–H and O–H groups in total. The molecule has 1 heterocycles. The van der Waals surface area contributed by atoms with Crippen LogP contribution in [0.4, 0.5) is 0 Å². The largest absolute Gasteiger partial charge is 0.340 e. The molecule has 0 aromatic rings. The molecule has 2 rings (SSSR count). The molecule has 0 radical (unpaired) electrons. The average molecular weight is 256 g/mol. The van der Waals surface area contributed by atoms with Gasteiger partial charge in [0.1, 0.15) is 0 Å². The number of thioether (sulfide) groups is 1. The van der Waals surface area contributed by atoms with Gasteiger partial charge in [-0.15, -0.1) is 0 Å². The van der Waals surface area contributed by atoms with Gasteiger partial charge in [-0.3, -0.25) is 4.79 Å². The van der Waals surface area contributed by atoms with Crippen LogP contribution in [0, 0.1) is 0 Å². The van der Waals surface area contributed by atoms with Gasteiger partial charge in [0.25, 0.3) is 0 Å². The molecule has 0 aromatic carbocycles. The number of nitrogens with two attached hydrogens (primary N) is 1. The Bertz CT molecular complexity index is 279. The van der Waals surface area contributed by atoms with E-state index < -0.39 is 0 Å². The highest BCUT2D eigenvalue weighted by molar-refractivity contribution is 8.00. The minimum atomic E-state index is -0.200. The van der Waals surface area contributed by atoms with Crippen LogP contribution in [-0.4, -0.2) is 39.9 Å². The van der Waals surface area contributed by atoms with Crippen LogP contribution in [0.5, 0.6) is 0 Å². The van der Waals surface area contributed by atoms with Crippen molar-refractivity contribution >= 4 is 17.7 Å². The first-order valence-electron chi connectivity index (χ1n) is 6.71. The zero-order chi connectivity index (χ0) is 12.5. The van der Waals surface area contributed by atoms with Crippen LogP contribution in [0.2, 0.25) is 0 Å². The predicted molar refractivity (Wildman–Crippen MR) is 73.1 cm³/mol. The summed E-state index contributed by atoms with van der Waals surface area (Å²) in [6, 6.07) is 0. The van der Waals surface area contributed by atoms with Crippen molar-refractivity contribution in [3.63, 3.8) is 0 Å². The molecule has 1 aliphatic heterocycles. The summed E-state index contributed by atoms with van der Waals surface area (Å²) in [5.74, 6) is 0.272. The number of hydrogen-bond acceptors (Lipinski definition) is 3. The number of carbonyl (C=O) groups excluding carboxylic acids is 1. The smallest absolute Gasteiger partial charge is 0.224 e. The quantitative estimate of drug-likeness (QED) is 0.822. The average Bonchev–Trinajstić information content (AvgIpc) is 2.63. The van der Waals surface area contributed by atoms with Crippen LogP contribution < -0.4 is 5.73 Å². The molecule has 3 nitrogen and oxygen atoms in total. The van der Waals surface area contributed by atoms with E-state index in [0.717, 1.165) is 25.9 Å². The summed E-state index contributed by atoms with van der Waals surface area (Å²) in [5, 5.41) is 1.11. The second-order valence-corrected chi connectivity index (χ2v) is 7.68. The second-order valence-electron chi connectivity index (χ2n) is 5.80. The molecule has 98 valence electrons. The van der Waals surface area contributed by atoms with Gasteiger partial charge in [0, 0.05) is 35.5 Å². The Morgan fingerprint density at radius 1 is 1.29 bits per heavy atom. The summed E-state index contributed by atoms with van der Waals surface area (Å²) in [7, 11) is 0. The summed E-state index contributed by atoms with van der Waals surface area (Å²) >= 11 is 1.98. The maximum absolute atomic E-state index is 12.3. The molecule has 0 spiro atoms. The van der Waals surface area contributed by atoms with Crippen molar-refractivity contribution in [3.05, 3.63) is 0 Å². The van der Waals surface area contributed by atoms with E-state index in [1.165, 1.54) is 12.8 Å². The normalized spacial score (nSPS) is 32.8. The molecule has 0 aromatic heterocycles. The molecular weight excluding hydrogens is 232 g/mol. The van der Waals surface area contributed by atoms with Crippen molar-refractivity contribution in [1.82, 2.24) is 4.90 Å². The van der Waals surface area contributed by atoms with Gasteiger partial charge in [-0.25, -0.2) is 0 Å². The fourth-order valence-corrected chi connectivity index (χ4v) is 4.38. The Morgan fingerprint density at radius 2 is 1.82 bits per heavy atom. The van der Waals surface area contributed by atoms with Gasteiger partial charge in [0.05, 0.1) is 0 Å². The maximum atomic E-state index is 12.3. The monoisotopic (exact) mass is 256 g/mol. The van der Waals surface area contributed by atoms with Crippen molar-refractivity contribution in [3.8, 4) is 0 Å². The van der Waals surface area contributed by atoms with Crippen molar-refractivity contribution in [2.24, 2.45) is 5.73 Å². The zero-order valence-electron chi connectivity index (χ0n) is 10.9. The topological polar surface area (TPSA) is 46.3 Å². The molecular formula is C13H24N2OS. The minimum absolute atomic E-state index is 0.200. The molecule has 2 aliphatic rings. The molecule has 1 amide bonds. The lowest BCUT2D eigenvalue weighted by Crippen LogP contribution is -2.48. The molecule has 1 aliphatic carbocycles. The van der Waals surface area contributed by atoms with E-state index in [9.17, 15) is 4.79 Å². The van der Waals surface area contributed by atoms with Gasteiger partial charge in [-0.2, -0.15) is 11.8 Å². The van der Waals surface area contributed by atoms with Crippen LogP contribution in [0.15, 0.2) is 0 Å². The van der Waals surface area contributed by atoms with Gasteiger partial charge < -0.3 is 10.6 Å². The maximum Gasteiger partial charge on any atom is 0.224 e. The van der Waals surface area contributed by atoms with Crippen molar-refractivity contribution in [2.75, 3.05) is 13.1 Å². The third-order valence-electron chi connectivity index (χ3n) is 3.87. The Morgan fingerprint density at radius 3 is 2.35 bits per heavy atom. The molecule has 1 saturated heterocycles. The standard InChI is InChI=1S/C13H24N2OS/c1-10-8-15(9-11(2)17-10)12(16)7-13(14)5-3-4-6-13/h10-11H,3-9,14H2,1-2H3. The Hall–Kier alpha value is -0.220. The molecule has 2 fully saturated rings. The Labute approximate surface area is 108 Å². The number of amides is 1. The van der Waals surface area contributed by atoms with E-state index in [0.29, 0.717) is 16.9 Å². The lowest BCUT2D eigenvalue weighted by Gasteiger charge is -2.36. The lowest BCUT2D eigenvalue weighted by atomic mass is 9.94. The molecule has 0 bridgehead atoms. The number of carbonyl (C=O) groups is 1. The number of hydrogen-bond donors (Lipinski definition) is 1. The van der Waals surface area contributed by atoms with Crippen LogP contribution in [0.25, 0.3) is 0 Å². The van der Waals surface area contributed by atoms with Crippen molar-refractivity contribution < 1.29 is 4.79 Å². The molecule has 2 unspecified atom stereocenters. The zero-order valence-corrected chi connectivity index (χ0v) is 11.8. The highest BCUT2D eigenvalue weighted by Crippen LogP contribution is 2.32. The van der Waals surface area contributed by atoms with Crippen molar-refractivity contribution in [1.29, 1.82) is 0 Å². The number of rotatable bonds is 2. The number of nitrogens with zero attached hydrogens (tertiary/aromatic N) is 1. The van der Waals surface area contributed by atoms with Crippen molar-refractivity contribution in [2.45, 2.75) is 62.0 Å². The van der Waals surface area contributed by atoms with Crippen LogP contribution >= 0.6 is 11.8 Å². The SMILES string of the molecule is CC1CN(C(=O)CC2(N)CCCC2)CC(C)S1. The second kappa shape index (κ2) is 5.19.